The van der Waals surface area contributed by atoms with Crippen molar-refractivity contribution in [2.45, 2.75) is 0 Å². The number of rotatable bonds is 6. The second kappa shape index (κ2) is 7.09. The minimum Gasteiger partial charge on any atom is -0.383 e. The molecule has 0 saturated heterocycles. The van der Waals surface area contributed by atoms with Crippen LogP contribution in [0.25, 0.3) is 0 Å². The molecular weight excluding hydrogens is 242 g/mol. The summed E-state index contributed by atoms with van der Waals surface area (Å²) in [6.07, 6.45) is 0. The average molecular weight is 258 g/mol. The maximum Gasteiger partial charge on any atom is 0.239 e. The Morgan fingerprint density at radius 3 is 3.00 bits per heavy atom. The first-order valence-corrected chi connectivity index (χ1v) is 5.60. The Hall–Kier alpha value is -1.33. The quantitative estimate of drug-likeness (QED) is 0.609. The van der Waals surface area contributed by atoms with Gasteiger partial charge in [0.15, 0.2) is 0 Å². The first-order chi connectivity index (χ1) is 8.13. The summed E-state index contributed by atoms with van der Waals surface area (Å²) in [7, 11) is 3.38. The van der Waals surface area contributed by atoms with Crippen LogP contribution < -0.4 is 10.2 Å². The van der Waals surface area contributed by atoms with Gasteiger partial charge in [-0.05, 0) is 12.1 Å². The van der Waals surface area contributed by atoms with Crippen LogP contribution in [0.1, 0.15) is 0 Å². The van der Waals surface area contributed by atoms with Crippen molar-refractivity contribution in [3.8, 4) is 0 Å². The lowest BCUT2D eigenvalue weighted by Gasteiger charge is -2.17. The second-order valence-electron chi connectivity index (χ2n) is 3.52. The molecule has 1 rings (SSSR count). The molecule has 0 atom stereocenters. The summed E-state index contributed by atoms with van der Waals surface area (Å²) in [5, 5.41) is 3.14. The molecule has 0 spiro atoms. The minimum absolute atomic E-state index is 0.0775. The van der Waals surface area contributed by atoms with Gasteiger partial charge in [0.25, 0.3) is 0 Å². The third kappa shape index (κ3) is 5.01. The van der Waals surface area contributed by atoms with Crippen LogP contribution in [-0.2, 0) is 9.53 Å². The van der Waals surface area contributed by atoms with Crippen LogP contribution in [0.2, 0.25) is 5.15 Å². The summed E-state index contributed by atoms with van der Waals surface area (Å²) in [5.74, 6) is 0.589. The van der Waals surface area contributed by atoms with Crippen molar-refractivity contribution in [2.24, 2.45) is 0 Å². The third-order valence-electron chi connectivity index (χ3n) is 2.10. The molecule has 1 N–H and O–H groups in total. The lowest BCUT2D eigenvalue weighted by Crippen LogP contribution is -2.36. The van der Waals surface area contributed by atoms with Gasteiger partial charge in [-0.15, -0.1) is 0 Å². The van der Waals surface area contributed by atoms with E-state index in [0.717, 1.165) is 0 Å². The monoisotopic (exact) mass is 257 g/mol. The number of likely N-dealkylation sites (N-methyl/N-ethyl adjacent to an activating group) is 1. The molecule has 94 valence electrons. The van der Waals surface area contributed by atoms with Crippen LogP contribution in [0, 0.1) is 0 Å². The maximum atomic E-state index is 11.5. The maximum absolute atomic E-state index is 11.5. The number of halogens is 1. The second-order valence-corrected chi connectivity index (χ2v) is 3.90. The van der Waals surface area contributed by atoms with Crippen LogP contribution in [0.3, 0.4) is 0 Å². The fourth-order valence-corrected chi connectivity index (χ4v) is 1.41. The molecular formula is C11H16ClN3O2. The van der Waals surface area contributed by atoms with Crippen molar-refractivity contribution in [1.29, 1.82) is 0 Å². The number of hydrogen-bond donors (Lipinski definition) is 1. The normalized spacial score (nSPS) is 10.1. The summed E-state index contributed by atoms with van der Waals surface area (Å²) in [4.78, 5) is 17.4. The van der Waals surface area contributed by atoms with Crippen molar-refractivity contribution in [3.63, 3.8) is 0 Å². The molecule has 1 amide bonds. The van der Waals surface area contributed by atoms with E-state index in [1.807, 2.05) is 0 Å². The molecule has 0 radical (unpaired) electrons. The van der Waals surface area contributed by atoms with Crippen molar-refractivity contribution in [2.75, 3.05) is 38.8 Å². The van der Waals surface area contributed by atoms with Gasteiger partial charge in [0.2, 0.25) is 5.91 Å². The third-order valence-corrected chi connectivity index (χ3v) is 2.31. The first kappa shape index (κ1) is 13.7. The Bertz CT molecular complexity index is 373. The van der Waals surface area contributed by atoms with Crippen LogP contribution in [0.5, 0.6) is 0 Å². The summed E-state index contributed by atoms with van der Waals surface area (Å²) in [6.45, 7) is 1.24. The Balaban J connectivity index is 2.43. The van der Waals surface area contributed by atoms with Gasteiger partial charge in [0.1, 0.15) is 11.0 Å². The van der Waals surface area contributed by atoms with E-state index in [4.69, 9.17) is 16.3 Å². The summed E-state index contributed by atoms with van der Waals surface area (Å²) < 4.78 is 4.84. The average Bonchev–Trinajstić information content (AvgIpc) is 2.29. The van der Waals surface area contributed by atoms with Gasteiger partial charge in [-0.25, -0.2) is 4.98 Å². The molecule has 0 aliphatic heterocycles. The minimum atomic E-state index is -0.0775. The predicted octanol–water partition coefficient (Wildman–Crippen LogP) is 0.934. The van der Waals surface area contributed by atoms with Crippen LogP contribution in [-0.4, -0.2) is 44.7 Å². The van der Waals surface area contributed by atoms with Crippen molar-refractivity contribution in [1.82, 2.24) is 10.3 Å². The predicted molar refractivity (Wildman–Crippen MR) is 67.4 cm³/mol. The van der Waals surface area contributed by atoms with E-state index >= 15 is 0 Å². The molecule has 6 heteroatoms. The number of ether oxygens (including phenoxy) is 1. The number of nitrogens with zero attached hydrogens (tertiary/aromatic N) is 2. The van der Waals surface area contributed by atoms with E-state index in [-0.39, 0.29) is 12.5 Å². The van der Waals surface area contributed by atoms with Gasteiger partial charge in [-0.2, -0.15) is 0 Å². The van der Waals surface area contributed by atoms with Crippen molar-refractivity contribution < 1.29 is 9.53 Å². The molecule has 0 aromatic carbocycles. The summed E-state index contributed by atoms with van der Waals surface area (Å²) in [5.41, 5.74) is 0. The largest absolute Gasteiger partial charge is 0.383 e. The number of amides is 1. The number of aromatic nitrogens is 1. The standard InChI is InChI=1S/C11H16ClN3O2/c1-15(8-11(16)13-6-7-17-2)10-5-3-4-9(12)14-10/h3-5H,6-8H2,1-2H3,(H,13,16). The molecule has 1 aromatic rings. The van der Waals surface area contributed by atoms with E-state index in [0.29, 0.717) is 24.1 Å². The zero-order chi connectivity index (χ0) is 12.7. The zero-order valence-electron chi connectivity index (χ0n) is 9.94. The van der Waals surface area contributed by atoms with Crippen LogP contribution >= 0.6 is 11.6 Å². The van der Waals surface area contributed by atoms with Gasteiger partial charge in [0, 0.05) is 20.7 Å². The highest BCUT2D eigenvalue weighted by Gasteiger charge is 2.08. The Labute approximate surface area is 106 Å². The molecule has 1 heterocycles. The molecule has 17 heavy (non-hydrogen) atoms. The van der Waals surface area contributed by atoms with Crippen LogP contribution in [0.4, 0.5) is 5.82 Å². The van der Waals surface area contributed by atoms with Gasteiger partial charge in [-0.3, -0.25) is 4.79 Å². The highest BCUT2D eigenvalue weighted by atomic mass is 35.5. The number of methoxy groups -OCH3 is 1. The number of carbonyl (C=O) groups excluding carboxylic acids is 1. The SMILES string of the molecule is COCCNC(=O)CN(C)c1cccc(Cl)n1. The zero-order valence-corrected chi connectivity index (χ0v) is 10.7. The smallest absolute Gasteiger partial charge is 0.239 e. The lowest BCUT2D eigenvalue weighted by molar-refractivity contribution is -0.119. The number of nitrogens with one attached hydrogen (secondary N) is 1. The van der Waals surface area contributed by atoms with Gasteiger partial charge >= 0.3 is 0 Å². The highest BCUT2D eigenvalue weighted by molar-refractivity contribution is 6.29. The van der Waals surface area contributed by atoms with E-state index in [1.54, 1.807) is 37.3 Å². The molecule has 5 nitrogen and oxygen atoms in total. The van der Waals surface area contributed by atoms with E-state index in [2.05, 4.69) is 10.3 Å². The number of hydrogen-bond acceptors (Lipinski definition) is 4. The van der Waals surface area contributed by atoms with Gasteiger partial charge < -0.3 is 15.0 Å². The number of anilines is 1. The van der Waals surface area contributed by atoms with Crippen molar-refractivity contribution in [3.05, 3.63) is 23.4 Å². The van der Waals surface area contributed by atoms with Gasteiger partial charge in [-0.1, -0.05) is 17.7 Å². The Kier molecular flexibility index (Phi) is 5.72. The fourth-order valence-electron chi connectivity index (χ4n) is 1.25. The Morgan fingerprint density at radius 1 is 1.59 bits per heavy atom. The summed E-state index contributed by atoms with van der Waals surface area (Å²) >= 11 is 5.77. The first-order valence-electron chi connectivity index (χ1n) is 5.23. The van der Waals surface area contributed by atoms with Gasteiger partial charge in [0.05, 0.1) is 13.2 Å². The fraction of sp³-hybridized carbons (Fsp3) is 0.455. The number of carbonyl (C=O) groups is 1. The van der Waals surface area contributed by atoms with E-state index in [9.17, 15) is 4.79 Å². The van der Waals surface area contributed by atoms with E-state index < -0.39 is 0 Å². The van der Waals surface area contributed by atoms with Crippen molar-refractivity contribution >= 4 is 23.3 Å². The highest BCUT2D eigenvalue weighted by Crippen LogP contribution is 2.12. The lowest BCUT2D eigenvalue weighted by atomic mass is 10.4. The Morgan fingerprint density at radius 2 is 2.35 bits per heavy atom. The molecule has 0 aliphatic rings. The van der Waals surface area contributed by atoms with E-state index in [1.165, 1.54) is 0 Å². The molecule has 0 unspecified atom stereocenters. The topological polar surface area (TPSA) is 54.5 Å². The molecule has 1 aromatic heterocycles. The summed E-state index contributed by atoms with van der Waals surface area (Å²) in [6, 6.07) is 5.29. The molecule has 0 fully saturated rings. The van der Waals surface area contributed by atoms with Crippen LogP contribution in [0.15, 0.2) is 18.2 Å². The molecule has 0 bridgehead atoms. The number of pyridine rings is 1. The molecule has 0 saturated carbocycles. The molecule has 0 aliphatic carbocycles.